The van der Waals surface area contributed by atoms with Gasteiger partial charge in [-0.15, -0.1) is 5.10 Å². The number of pyridine rings is 1. The largest absolute Gasteiger partial charge is 0.337 e. The molecule has 1 aliphatic rings. The Kier molecular flexibility index (Phi) is 4.37. The van der Waals surface area contributed by atoms with Crippen molar-refractivity contribution in [3.8, 4) is 0 Å². The van der Waals surface area contributed by atoms with E-state index >= 15 is 0 Å². The highest BCUT2D eigenvalue weighted by molar-refractivity contribution is 5.92. The highest BCUT2D eigenvalue weighted by Gasteiger charge is 2.25. The van der Waals surface area contributed by atoms with Crippen LogP contribution in [0.25, 0.3) is 10.9 Å². The van der Waals surface area contributed by atoms with Crippen molar-refractivity contribution in [2.45, 2.75) is 19.3 Å². The number of amides is 1. The molecule has 4 rings (SSSR count). The number of piperidine rings is 1. The van der Waals surface area contributed by atoms with Crippen molar-refractivity contribution in [1.82, 2.24) is 20.1 Å². The Morgan fingerprint density at radius 1 is 1.12 bits per heavy atom. The predicted octanol–water partition coefficient (Wildman–Crippen LogP) is 3.12. The number of benzene rings is 1. The number of nitrogens with zero attached hydrogens (tertiary/aromatic N) is 4. The van der Waals surface area contributed by atoms with E-state index in [1.807, 2.05) is 23.2 Å². The zero-order valence-electron chi connectivity index (χ0n) is 14.0. The van der Waals surface area contributed by atoms with Gasteiger partial charge >= 0.3 is 0 Å². The Morgan fingerprint density at radius 2 is 2.04 bits per heavy atom. The molecular formula is C20H20N4O. The van der Waals surface area contributed by atoms with Crippen molar-refractivity contribution in [2.24, 2.45) is 5.92 Å². The van der Waals surface area contributed by atoms with Crippen molar-refractivity contribution in [2.75, 3.05) is 13.1 Å². The first-order valence-electron chi connectivity index (χ1n) is 8.71. The zero-order chi connectivity index (χ0) is 17.1. The Hall–Kier alpha value is -2.82. The standard InChI is InChI=1S/C20H20N4O/c25-20(19-9-3-11-22-23-19)24-12-4-5-15(14-24)13-16-6-1-8-18-17(16)7-2-10-21-18/h1-3,6-11,15H,4-5,12-14H2/t15-/m1/s1. The first kappa shape index (κ1) is 15.7. The molecule has 126 valence electrons. The van der Waals surface area contributed by atoms with Gasteiger partial charge in [0.05, 0.1) is 5.52 Å². The van der Waals surface area contributed by atoms with Crippen molar-refractivity contribution in [3.05, 3.63) is 66.1 Å². The van der Waals surface area contributed by atoms with Crippen LogP contribution in [0.2, 0.25) is 0 Å². The molecule has 1 atom stereocenters. The van der Waals surface area contributed by atoms with E-state index in [1.165, 1.54) is 10.9 Å². The first-order chi connectivity index (χ1) is 12.3. The number of hydrogen-bond donors (Lipinski definition) is 0. The average molecular weight is 332 g/mol. The third kappa shape index (κ3) is 3.36. The van der Waals surface area contributed by atoms with E-state index < -0.39 is 0 Å². The van der Waals surface area contributed by atoms with E-state index in [4.69, 9.17) is 0 Å². The molecule has 5 heteroatoms. The summed E-state index contributed by atoms with van der Waals surface area (Å²) in [6.07, 6.45) is 6.55. The summed E-state index contributed by atoms with van der Waals surface area (Å²) in [5, 5.41) is 8.98. The van der Waals surface area contributed by atoms with Gasteiger partial charge in [0.25, 0.3) is 5.91 Å². The lowest BCUT2D eigenvalue weighted by Crippen LogP contribution is -2.40. The molecule has 0 N–H and O–H groups in total. The van der Waals surface area contributed by atoms with E-state index in [-0.39, 0.29) is 5.91 Å². The molecule has 0 aliphatic carbocycles. The number of hydrogen-bond acceptors (Lipinski definition) is 4. The van der Waals surface area contributed by atoms with E-state index in [0.29, 0.717) is 11.6 Å². The van der Waals surface area contributed by atoms with Crippen LogP contribution >= 0.6 is 0 Å². The highest BCUT2D eigenvalue weighted by atomic mass is 16.2. The molecule has 3 aromatic rings. The second kappa shape index (κ2) is 6.97. The fraction of sp³-hybridized carbons (Fsp3) is 0.300. The summed E-state index contributed by atoms with van der Waals surface area (Å²) < 4.78 is 0. The van der Waals surface area contributed by atoms with Gasteiger partial charge in [-0.3, -0.25) is 9.78 Å². The summed E-state index contributed by atoms with van der Waals surface area (Å²) in [5.41, 5.74) is 2.77. The van der Waals surface area contributed by atoms with Crippen LogP contribution in [0, 0.1) is 5.92 Å². The number of fused-ring (bicyclic) bond motifs is 1. The normalized spacial score (nSPS) is 17.6. The quantitative estimate of drug-likeness (QED) is 0.739. The number of rotatable bonds is 3. The van der Waals surface area contributed by atoms with E-state index in [2.05, 4.69) is 33.4 Å². The Morgan fingerprint density at radius 3 is 2.92 bits per heavy atom. The maximum Gasteiger partial charge on any atom is 0.274 e. The van der Waals surface area contributed by atoms with Crippen LogP contribution in [0.1, 0.15) is 28.9 Å². The van der Waals surface area contributed by atoms with Crippen LogP contribution in [0.3, 0.4) is 0 Å². The van der Waals surface area contributed by atoms with Gasteiger partial charge in [0, 0.05) is 30.9 Å². The van der Waals surface area contributed by atoms with Gasteiger partial charge in [-0.2, -0.15) is 5.10 Å². The second-order valence-corrected chi connectivity index (χ2v) is 6.56. The van der Waals surface area contributed by atoms with Crippen molar-refractivity contribution < 1.29 is 4.79 Å². The third-order valence-corrected chi connectivity index (χ3v) is 4.84. The molecule has 1 aliphatic heterocycles. The SMILES string of the molecule is O=C(c1cccnn1)N1CCC[C@H](Cc2cccc3ncccc23)C1. The number of likely N-dealkylation sites (tertiary alicyclic amines) is 1. The summed E-state index contributed by atoms with van der Waals surface area (Å²) in [5.74, 6) is 0.442. The predicted molar refractivity (Wildman–Crippen MR) is 96.1 cm³/mol. The maximum atomic E-state index is 12.6. The Bertz CT molecular complexity index is 876. The van der Waals surface area contributed by atoms with Crippen molar-refractivity contribution in [1.29, 1.82) is 0 Å². The molecule has 25 heavy (non-hydrogen) atoms. The van der Waals surface area contributed by atoms with Gasteiger partial charge in [-0.05, 0) is 55.0 Å². The minimum atomic E-state index is -0.0163. The first-order valence-corrected chi connectivity index (χ1v) is 8.71. The van der Waals surface area contributed by atoms with E-state index in [9.17, 15) is 4.79 Å². The Labute approximate surface area is 146 Å². The van der Waals surface area contributed by atoms with Gasteiger partial charge in [0.2, 0.25) is 0 Å². The van der Waals surface area contributed by atoms with Crippen molar-refractivity contribution >= 4 is 16.8 Å². The van der Waals surface area contributed by atoms with Gasteiger partial charge in [0.1, 0.15) is 0 Å². The number of carbonyl (C=O) groups excluding carboxylic acids is 1. The smallest absolute Gasteiger partial charge is 0.274 e. The lowest BCUT2D eigenvalue weighted by atomic mass is 9.89. The number of carbonyl (C=O) groups is 1. The van der Waals surface area contributed by atoms with Crippen LogP contribution in [0.5, 0.6) is 0 Å². The monoisotopic (exact) mass is 332 g/mol. The lowest BCUT2D eigenvalue weighted by Gasteiger charge is -2.32. The Balaban J connectivity index is 1.51. The molecule has 2 aromatic heterocycles. The van der Waals surface area contributed by atoms with E-state index in [1.54, 1.807) is 18.3 Å². The summed E-state index contributed by atoms with van der Waals surface area (Å²) in [6, 6.07) is 13.9. The molecule has 0 unspecified atom stereocenters. The van der Waals surface area contributed by atoms with Crippen LogP contribution in [-0.4, -0.2) is 39.1 Å². The van der Waals surface area contributed by atoms with E-state index in [0.717, 1.165) is 37.9 Å². The van der Waals surface area contributed by atoms with Crippen molar-refractivity contribution in [3.63, 3.8) is 0 Å². The zero-order valence-corrected chi connectivity index (χ0v) is 14.0. The summed E-state index contributed by atoms with van der Waals surface area (Å²) in [7, 11) is 0. The molecule has 3 heterocycles. The van der Waals surface area contributed by atoms with Gasteiger partial charge in [0.15, 0.2) is 5.69 Å². The highest BCUT2D eigenvalue weighted by Crippen LogP contribution is 2.25. The van der Waals surface area contributed by atoms with Crippen LogP contribution < -0.4 is 0 Å². The molecular weight excluding hydrogens is 312 g/mol. The molecule has 0 bridgehead atoms. The van der Waals surface area contributed by atoms with Crippen LogP contribution in [-0.2, 0) is 6.42 Å². The molecule has 1 saturated heterocycles. The number of aromatic nitrogens is 3. The second-order valence-electron chi connectivity index (χ2n) is 6.56. The molecule has 0 radical (unpaired) electrons. The summed E-state index contributed by atoms with van der Waals surface area (Å²) in [4.78, 5) is 19.0. The molecule has 5 nitrogen and oxygen atoms in total. The summed E-state index contributed by atoms with van der Waals surface area (Å²) in [6.45, 7) is 1.56. The minimum Gasteiger partial charge on any atom is -0.337 e. The summed E-state index contributed by atoms with van der Waals surface area (Å²) >= 11 is 0. The van der Waals surface area contributed by atoms with Gasteiger partial charge < -0.3 is 4.90 Å². The average Bonchev–Trinajstić information content (AvgIpc) is 2.69. The maximum absolute atomic E-state index is 12.6. The molecule has 1 fully saturated rings. The van der Waals surface area contributed by atoms with Crippen LogP contribution in [0.15, 0.2) is 54.9 Å². The minimum absolute atomic E-state index is 0.0163. The van der Waals surface area contributed by atoms with Crippen LogP contribution in [0.4, 0.5) is 0 Å². The lowest BCUT2D eigenvalue weighted by molar-refractivity contribution is 0.0666. The third-order valence-electron chi connectivity index (χ3n) is 4.84. The molecule has 1 aromatic carbocycles. The molecule has 0 spiro atoms. The fourth-order valence-electron chi connectivity index (χ4n) is 3.65. The van der Waals surface area contributed by atoms with Gasteiger partial charge in [-0.25, -0.2) is 0 Å². The van der Waals surface area contributed by atoms with Gasteiger partial charge in [-0.1, -0.05) is 18.2 Å². The molecule has 0 saturated carbocycles. The fourth-order valence-corrected chi connectivity index (χ4v) is 3.65. The topological polar surface area (TPSA) is 59.0 Å². The molecule has 1 amide bonds.